The third-order valence-electron chi connectivity index (χ3n) is 4.28. The number of carbonyl (C=O) groups is 1. The predicted molar refractivity (Wildman–Crippen MR) is 102 cm³/mol. The number of benzene rings is 1. The molecule has 0 unspecified atom stereocenters. The Balaban J connectivity index is 0.00000312. The maximum atomic E-state index is 12.7. The van der Waals surface area contributed by atoms with Crippen LogP contribution in [0.25, 0.3) is 0 Å². The lowest BCUT2D eigenvalue weighted by Gasteiger charge is -2.34. The average Bonchev–Trinajstić information content (AvgIpc) is 2.60. The van der Waals surface area contributed by atoms with Crippen LogP contribution in [0.3, 0.4) is 0 Å². The minimum atomic E-state index is -3.48. The number of hydrogen-bond acceptors (Lipinski definition) is 4. The molecule has 1 aromatic rings. The molecule has 1 amide bonds. The van der Waals surface area contributed by atoms with E-state index in [9.17, 15) is 13.2 Å². The van der Waals surface area contributed by atoms with Crippen molar-refractivity contribution in [1.29, 1.82) is 0 Å². The quantitative estimate of drug-likeness (QED) is 0.767. The molecule has 1 aliphatic heterocycles. The molecule has 1 saturated heterocycles. The summed E-state index contributed by atoms with van der Waals surface area (Å²) in [6.07, 6.45) is 2.44. The highest BCUT2D eigenvalue weighted by Gasteiger charge is 2.29. The Hall–Kier alpha value is -1.15. The molecule has 1 heterocycles. The summed E-state index contributed by atoms with van der Waals surface area (Å²) in [7, 11) is -1.67. The van der Waals surface area contributed by atoms with E-state index in [1.165, 1.54) is 4.31 Å². The number of halogens is 1. The summed E-state index contributed by atoms with van der Waals surface area (Å²) in [5.41, 5.74) is 1.15. The van der Waals surface area contributed by atoms with E-state index in [0.29, 0.717) is 44.0 Å². The van der Waals surface area contributed by atoms with E-state index in [4.69, 9.17) is 0 Å². The van der Waals surface area contributed by atoms with Crippen LogP contribution in [0.1, 0.15) is 25.3 Å². The first-order chi connectivity index (χ1) is 11.5. The number of carbonyl (C=O) groups excluding carboxylic acids is 1. The standard InChI is InChI=1S/C17H27N3O3S.ClH/c1-3-4-15-5-7-16(8-6-15)24(22,23)20-13-11-19(12-14-20)17(21)9-10-18-2;/h5-8,18H,3-4,9-14H2,1-2H3;1H. The Bertz CT molecular complexity index is 642. The number of sulfonamides is 1. The number of rotatable bonds is 7. The molecule has 25 heavy (non-hydrogen) atoms. The van der Waals surface area contributed by atoms with Gasteiger partial charge in [-0.15, -0.1) is 12.4 Å². The van der Waals surface area contributed by atoms with Crippen LogP contribution in [0.15, 0.2) is 29.2 Å². The van der Waals surface area contributed by atoms with Gasteiger partial charge in [0.05, 0.1) is 4.90 Å². The molecule has 2 rings (SSSR count). The van der Waals surface area contributed by atoms with Crippen LogP contribution in [0.4, 0.5) is 0 Å². The highest BCUT2D eigenvalue weighted by molar-refractivity contribution is 7.89. The van der Waals surface area contributed by atoms with Crippen LogP contribution in [0.2, 0.25) is 0 Å². The number of nitrogens with one attached hydrogen (secondary N) is 1. The topological polar surface area (TPSA) is 69.7 Å². The van der Waals surface area contributed by atoms with Crippen LogP contribution < -0.4 is 5.32 Å². The zero-order valence-electron chi connectivity index (χ0n) is 14.9. The molecule has 142 valence electrons. The summed E-state index contributed by atoms with van der Waals surface area (Å²) in [5, 5.41) is 2.95. The molecule has 1 N–H and O–H groups in total. The second-order valence-electron chi connectivity index (χ2n) is 6.03. The molecule has 0 radical (unpaired) electrons. The van der Waals surface area contributed by atoms with Gasteiger partial charge in [-0.2, -0.15) is 4.31 Å². The van der Waals surface area contributed by atoms with Gasteiger partial charge in [-0.25, -0.2) is 8.42 Å². The summed E-state index contributed by atoms with van der Waals surface area (Å²) in [5.74, 6) is 0.0744. The fourth-order valence-electron chi connectivity index (χ4n) is 2.83. The first-order valence-corrected chi connectivity index (χ1v) is 9.94. The van der Waals surface area contributed by atoms with Crippen LogP contribution in [-0.4, -0.2) is 63.3 Å². The van der Waals surface area contributed by atoms with Gasteiger partial charge in [0.15, 0.2) is 0 Å². The Kier molecular flexibility index (Phi) is 8.85. The van der Waals surface area contributed by atoms with E-state index >= 15 is 0 Å². The van der Waals surface area contributed by atoms with E-state index in [-0.39, 0.29) is 18.3 Å². The van der Waals surface area contributed by atoms with Crippen molar-refractivity contribution < 1.29 is 13.2 Å². The zero-order chi connectivity index (χ0) is 17.6. The van der Waals surface area contributed by atoms with E-state index in [1.54, 1.807) is 17.0 Å². The second-order valence-corrected chi connectivity index (χ2v) is 7.97. The van der Waals surface area contributed by atoms with Gasteiger partial charge >= 0.3 is 0 Å². The summed E-state index contributed by atoms with van der Waals surface area (Å²) in [4.78, 5) is 14.1. The molecular formula is C17H28ClN3O3S. The Morgan fingerprint density at radius 1 is 1.12 bits per heavy atom. The van der Waals surface area contributed by atoms with Crippen molar-refractivity contribution in [2.45, 2.75) is 31.1 Å². The third kappa shape index (κ3) is 5.67. The normalized spacial score (nSPS) is 15.7. The third-order valence-corrected chi connectivity index (χ3v) is 6.19. The van der Waals surface area contributed by atoms with E-state index in [0.717, 1.165) is 18.4 Å². The minimum Gasteiger partial charge on any atom is -0.340 e. The fourth-order valence-corrected chi connectivity index (χ4v) is 4.26. The Morgan fingerprint density at radius 2 is 1.72 bits per heavy atom. The van der Waals surface area contributed by atoms with Gasteiger partial charge in [0.2, 0.25) is 15.9 Å². The average molecular weight is 390 g/mol. The summed E-state index contributed by atoms with van der Waals surface area (Å²) < 4.78 is 26.9. The molecule has 0 bridgehead atoms. The Morgan fingerprint density at radius 3 is 2.24 bits per heavy atom. The lowest BCUT2D eigenvalue weighted by molar-refractivity contribution is -0.132. The molecular weight excluding hydrogens is 362 g/mol. The highest BCUT2D eigenvalue weighted by Crippen LogP contribution is 2.19. The Labute approximate surface area is 157 Å². The van der Waals surface area contributed by atoms with Crippen molar-refractivity contribution in [2.24, 2.45) is 0 Å². The molecule has 0 aliphatic carbocycles. The van der Waals surface area contributed by atoms with Crippen LogP contribution in [0.5, 0.6) is 0 Å². The molecule has 0 spiro atoms. The SMILES string of the molecule is CCCc1ccc(S(=O)(=O)N2CCN(C(=O)CCNC)CC2)cc1.Cl. The van der Waals surface area contributed by atoms with Gasteiger partial charge in [0.25, 0.3) is 0 Å². The van der Waals surface area contributed by atoms with Crippen LogP contribution in [-0.2, 0) is 21.2 Å². The fraction of sp³-hybridized carbons (Fsp3) is 0.588. The van der Waals surface area contributed by atoms with E-state index < -0.39 is 10.0 Å². The van der Waals surface area contributed by atoms with Crippen molar-refractivity contribution >= 4 is 28.3 Å². The summed E-state index contributed by atoms with van der Waals surface area (Å²) in [6.45, 7) is 4.35. The molecule has 1 aliphatic rings. The van der Waals surface area contributed by atoms with Gasteiger partial charge in [-0.1, -0.05) is 25.5 Å². The summed E-state index contributed by atoms with van der Waals surface area (Å²) in [6, 6.07) is 7.14. The van der Waals surface area contributed by atoms with Gasteiger partial charge in [-0.05, 0) is 31.2 Å². The maximum absolute atomic E-state index is 12.7. The van der Waals surface area contributed by atoms with Crippen LogP contribution in [0, 0.1) is 0 Å². The van der Waals surface area contributed by atoms with Gasteiger partial charge < -0.3 is 10.2 Å². The first kappa shape index (κ1) is 21.9. The smallest absolute Gasteiger partial charge is 0.243 e. The van der Waals surface area contributed by atoms with Crippen molar-refractivity contribution in [2.75, 3.05) is 39.8 Å². The largest absolute Gasteiger partial charge is 0.340 e. The highest BCUT2D eigenvalue weighted by atomic mass is 35.5. The number of aryl methyl sites for hydroxylation is 1. The van der Waals surface area contributed by atoms with E-state index in [2.05, 4.69) is 12.2 Å². The van der Waals surface area contributed by atoms with Gasteiger partial charge in [-0.3, -0.25) is 4.79 Å². The van der Waals surface area contributed by atoms with Crippen molar-refractivity contribution in [3.63, 3.8) is 0 Å². The molecule has 0 saturated carbocycles. The van der Waals surface area contributed by atoms with Crippen molar-refractivity contribution in [1.82, 2.24) is 14.5 Å². The zero-order valence-corrected chi connectivity index (χ0v) is 16.5. The lowest BCUT2D eigenvalue weighted by Crippen LogP contribution is -2.50. The maximum Gasteiger partial charge on any atom is 0.243 e. The van der Waals surface area contributed by atoms with Crippen LogP contribution >= 0.6 is 12.4 Å². The molecule has 1 fully saturated rings. The van der Waals surface area contributed by atoms with Gasteiger partial charge in [0, 0.05) is 39.1 Å². The van der Waals surface area contributed by atoms with E-state index in [1.807, 2.05) is 19.2 Å². The second kappa shape index (κ2) is 10.1. The van der Waals surface area contributed by atoms with Crippen molar-refractivity contribution in [3.05, 3.63) is 29.8 Å². The lowest BCUT2D eigenvalue weighted by atomic mass is 10.1. The monoisotopic (exact) mass is 389 g/mol. The summed E-state index contributed by atoms with van der Waals surface area (Å²) >= 11 is 0. The van der Waals surface area contributed by atoms with Gasteiger partial charge in [0.1, 0.15) is 0 Å². The molecule has 8 heteroatoms. The number of piperazine rings is 1. The predicted octanol–water partition coefficient (Wildman–Crippen LogP) is 1.50. The molecule has 6 nitrogen and oxygen atoms in total. The minimum absolute atomic E-state index is 0. The number of amides is 1. The molecule has 1 aromatic carbocycles. The molecule has 0 atom stereocenters. The van der Waals surface area contributed by atoms with Crippen molar-refractivity contribution in [3.8, 4) is 0 Å². The number of hydrogen-bond donors (Lipinski definition) is 1. The first-order valence-electron chi connectivity index (χ1n) is 8.50. The molecule has 0 aromatic heterocycles. The number of nitrogens with zero attached hydrogens (tertiary/aromatic N) is 2.